The number of halogens is 1. The number of carboxylic acid groups (broad SMARTS) is 1. The van der Waals surface area contributed by atoms with E-state index in [1.165, 1.54) is 10.6 Å². The molecular formula is C24H20FN3O4. The summed E-state index contributed by atoms with van der Waals surface area (Å²) < 4.78 is 21.2. The van der Waals surface area contributed by atoms with E-state index < -0.39 is 17.8 Å². The Labute approximate surface area is 183 Å². The second-order valence-corrected chi connectivity index (χ2v) is 8.14. The Morgan fingerprint density at radius 3 is 2.81 bits per heavy atom. The van der Waals surface area contributed by atoms with E-state index in [4.69, 9.17) is 4.74 Å². The second kappa shape index (κ2) is 7.75. The van der Waals surface area contributed by atoms with Gasteiger partial charge in [0.1, 0.15) is 5.82 Å². The standard InChI is InChI=1S/C24H20FN3O4/c1-2-32-22(29)8-6-14-9-17(14)15-5-7-16(19(25)10-15)21-12-28-23(26-21)18(13-3-4-13)11-20(27-28)24(30)31/h5,7,10-14,17H,2-4,9H2,1H3,(H,30,31)/t14?,17-/m0/s1. The number of aromatic nitrogens is 3. The lowest BCUT2D eigenvalue weighted by Crippen LogP contribution is -2.06. The number of carbonyl (C=O) groups excluding carboxylic acids is 1. The van der Waals surface area contributed by atoms with Crippen molar-refractivity contribution in [1.29, 1.82) is 0 Å². The van der Waals surface area contributed by atoms with Crippen LogP contribution in [0.15, 0.2) is 30.5 Å². The molecule has 162 valence electrons. The third-order valence-corrected chi connectivity index (χ3v) is 5.81. The zero-order chi connectivity index (χ0) is 22.4. The highest BCUT2D eigenvalue weighted by atomic mass is 19.1. The Balaban J connectivity index is 1.42. The lowest BCUT2D eigenvalue weighted by molar-refractivity contribution is -0.136. The number of hydrogen-bond donors (Lipinski definition) is 1. The normalized spacial score (nSPS) is 19.3. The first-order valence-electron chi connectivity index (χ1n) is 10.6. The molecule has 1 unspecified atom stereocenters. The van der Waals surface area contributed by atoms with Crippen molar-refractivity contribution in [3.05, 3.63) is 53.1 Å². The molecule has 2 saturated carbocycles. The third-order valence-electron chi connectivity index (χ3n) is 5.81. The SMILES string of the molecule is CCOC(=O)C#CC1C[C@@H]1c1ccc(-c2cn3nc(C(=O)O)cc(C4CC4)c3n2)c(F)c1. The van der Waals surface area contributed by atoms with E-state index in [0.717, 1.165) is 30.4 Å². The minimum absolute atomic E-state index is 0.0135. The Hall–Kier alpha value is -3.73. The van der Waals surface area contributed by atoms with Gasteiger partial charge in [-0.25, -0.2) is 23.5 Å². The van der Waals surface area contributed by atoms with Gasteiger partial charge in [0, 0.05) is 23.0 Å². The molecule has 0 bridgehead atoms. The fraction of sp³-hybridized carbons (Fsp3) is 0.333. The van der Waals surface area contributed by atoms with Crippen molar-refractivity contribution in [2.24, 2.45) is 5.92 Å². The third kappa shape index (κ3) is 3.82. The second-order valence-electron chi connectivity index (χ2n) is 8.14. The number of esters is 1. The molecule has 2 aliphatic rings. The fourth-order valence-corrected chi connectivity index (χ4v) is 3.94. The van der Waals surface area contributed by atoms with Crippen LogP contribution < -0.4 is 0 Å². The van der Waals surface area contributed by atoms with Crippen LogP contribution in [0.3, 0.4) is 0 Å². The summed E-state index contributed by atoms with van der Waals surface area (Å²) in [7, 11) is 0. The summed E-state index contributed by atoms with van der Waals surface area (Å²) in [5.41, 5.74) is 2.90. The number of imidazole rings is 1. The molecule has 2 heterocycles. The van der Waals surface area contributed by atoms with Gasteiger partial charge in [-0.2, -0.15) is 5.10 Å². The summed E-state index contributed by atoms with van der Waals surface area (Å²) in [6, 6.07) is 6.57. The average Bonchev–Trinajstić information content (AvgIpc) is 3.68. The Morgan fingerprint density at radius 1 is 1.31 bits per heavy atom. The number of carboxylic acids is 1. The van der Waals surface area contributed by atoms with Crippen LogP contribution >= 0.6 is 0 Å². The predicted molar refractivity (Wildman–Crippen MR) is 113 cm³/mol. The number of hydrogen-bond acceptors (Lipinski definition) is 5. The summed E-state index contributed by atoms with van der Waals surface area (Å²) in [4.78, 5) is 27.4. The number of benzene rings is 1. The van der Waals surface area contributed by atoms with Crippen molar-refractivity contribution >= 4 is 17.6 Å². The van der Waals surface area contributed by atoms with E-state index >= 15 is 0 Å². The quantitative estimate of drug-likeness (QED) is 0.374. The molecule has 32 heavy (non-hydrogen) atoms. The molecule has 8 heteroatoms. The van der Waals surface area contributed by atoms with Crippen LogP contribution in [0.25, 0.3) is 16.9 Å². The topological polar surface area (TPSA) is 93.8 Å². The molecular weight excluding hydrogens is 413 g/mol. The monoisotopic (exact) mass is 433 g/mol. The van der Waals surface area contributed by atoms with Gasteiger partial charge in [0.25, 0.3) is 0 Å². The van der Waals surface area contributed by atoms with Gasteiger partial charge in [0.2, 0.25) is 0 Å². The average molecular weight is 433 g/mol. The Morgan fingerprint density at radius 2 is 2.12 bits per heavy atom. The minimum Gasteiger partial charge on any atom is -0.476 e. The highest BCUT2D eigenvalue weighted by molar-refractivity contribution is 5.88. The van der Waals surface area contributed by atoms with Gasteiger partial charge in [-0.15, -0.1) is 0 Å². The maximum atomic E-state index is 15.0. The molecule has 2 fully saturated rings. The molecule has 2 atom stereocenters. The molecule has 2 aliphatic carbocycles. The van der Waals surface area contributed by atoms with Crippen molar-refractivity contribution in [3.8, 4) is 23.1 Å². The zero-order valence-corrected chi connectivity index (χ0v) is 17.3. The first-order valence-corrected chi connectivity index (χ1v) is 10.6. The van der Waals surface area contributed by atoms with Crippen molar-refractivity contribution in [1.82, 2.24) is 14.6 Å². The van der Waals surface area contributed by atoms with Crippen LogP contribution in [0.1, 0.15) is 59.6 Å². The Kier molecular flexibility index (Phi) is 4.89. The summed E-state index contributed by atoms with van der Waals surface area (Å²) in [5, 5.41) is 13.5. The van der Waals surface area contributed by atoms with Crippen molar-refractivity contribution in [2.45, 2.75) is 38.0 Å². The summed E-state index contributed by atoms with van der Waals surface area (Å²) in [6.45, 7) is 2.01. The predicted octanol–water partition coefficient (Wildman–Crippen LogP) is 3.78. The maximum absolute atomic E-state index is 15.0. The number of nitrogens with zero attached hydrogens (tertiary/aromatic N) is 3. The van der Waals surface area contributed by atoms with Crippen molar-refractivity contribution in [3.63, 3.8) is 0 Å². The highest BCUT2D eigenvalue weighted by Crippen LogP contribution is 2.47. The van der Waals surface area contributed by atoms with Crippen LogP contribution in [0, 0.1) is 23.6 Å². The van der Waals surface area contributed by atoms with E-state index in [-0.39, 0.29) is 30.1 Å². The molecule has 1 aromatic carbocycles. The molecule has 1 N–H and O–H groups in total. The van der Waals surface area contributed by atoms with Crippen LogP contribution in [0.5, 0.6) is 0 Å². The lowest BCUT2D eigenvalue weighted by atomic mass is 10.0. The van der Waals surface area contributed by atoms with Gasteiger partial charge >= 0.3 is 11.9 Å². The van der Waals surface area contributed by atoms with Crippen LogP contribution in [-0.2, 0) is 9.53 Å². The van der Waals surface area contributed by atoms with Gasteiger partial charge in [-0.1, -0.05) is 12.0 Å². The van der Waals surface area contributed by atoms with Crippen LogP contribution in [0.4, 0.5) is 4.39 Å². The summed E-state index contributed by atoms with van der Waals surface area (Å²) in [6.07, 6.45) is 4.29. The van der Waals surface area contributed by atoms with E-state index in [9.17, 15) is 19.1 Å². The fourth-order valence-electron chi connectivity index (χ4n) is 3.94. The van der Waals surface area contributed by atoms with Gasteiger partial charge in [-0.05, 0) is 61.8 Å². The number of rotatable bonds is 5. The van der Waals surface area contributed by atoms with Crippen LogP contribution in [0.2, 0.25) is 0 Å². The molecule has 0 amide bonds. The molecule has 5 rings (SSSR count). The lowest BCUT2D eigenvalue weighted by Gasteiger charge is -2.03. The smallest absolute Gasteiger partial charge is 0.384 e. The number of aromatic carboxylic acids is 1. The number of fused-ring (bicyclic) bond motifs is 1. The molecule has 0 radical (unpaired) electrons. The molecule has 0 aliphatic heterocycles. The van der Waals surface area contributed by atoms with E-state index in [1.807, 2.05) is 6.07 Å². The van der Waals surface area contributed by atoms with Gasteiger partial charge < -0.3 is 9.84 Å². The zero-order valence-electron chi connectivity index (χ0n) is 17.3. The Bertz CT molecular complexity index is 1320. The first kappa shape index (κ1) is 20.2. The first-order chi connectivity index (χ1) is 15.4. The van der Waals surface area contributed by atoms with E-state index in [0.29, 0.717) is 16.9 Å². The van der Waals surface area contributed by atoms with Gasteiger partial charge in [0.15, 0.2) is 11.3 Å². The molecule has 3 aromatic rings. The minimum atomic E-state index is -1.11. The summed E-state index contributed by atoms with van der Waals surface area (Å²) >= 11 is 0. The number of ether oxygens (including phenoxy) is 1. The van der Waals surface area contributed by atoms with E-state index in [2.05, 4.69) is 21.9 Å². The van der Waals surface area contributed by atoms with Crippen LogP contribution in [-0.4, -0.2) is 38.3 Å². The molecule has 0 saturated heterocycles. The van der Waals surface area contributed by atoms with Gasteiger partial charge in [-0.3, -0.25) is 0 Å². The molecule has 7 nitrogen and oxygen atoms in total. The maximum Gasteiger partial charge on any atom is 0.384 e. The molecule has 0 spiro atoms. The largest absolute Gasteiger partial charge is 0.476 e. The van der Waals surface area contributed by atoms with E-state index in [1.54, 1.807) is 25.3 Å². The summed E-state index contributed by atoms with van der Waals surface area (Å²) in [5.74, 6) is 3.67. The van der Waals surface area contributed by atoms with Crippen molar-refractivity contribution < 1.29 is 23.8 Å². The van der Waals surface area contributed by atoms with Crippen molar-refractivity contribution in [2.75, 3.05) is 6.61 Å². The molecule has 2 aromatic heterocycles. The van der Waals surface area contributed by atoms with Gasteiger partial charge in [0.05, 0.1) is 18.5 Å². The highest BCUT2D eigenvalue weighted by Gasteiger charge is 2.37. The number of carbonyl (C=O) groups is 2.